The van der Waals surface area contributed by atoms with Crippen molar-refractivity contribution < 1.29 is 28.9 Å². The summed E-state index contributed by atoms with van der Waals surface area (Å²) in [4.78, 5) is 27.3. The Morgan fingerprint density at radius 2 is 2.14 bits per heavy atom. The molecule has 0 aliphatic carbocycles. The van der Waals surface area contributed by atoms with Crippen LogP contribution in [0.5, 0.6) is 0 Å². The Balaban J connectivity index is 1.95. The van der Waals surface area contributed by atoms with E-state index in [-0.39, 0.29) is 18.3 Å². The molecule has 10 heteroatoms. The number of carbonyl (C=O) groups excluding carboxylic acids is 2. The second kappa shape index (κ2) is 7.36. The van der Waals surface area contributed by atoms with Gasteiger partial charge in [-0.1, -0.05) is 13.8 Å². The standard InChI is InChI=1S/C18H24N4O6/c1-9(2)17(25)26-7-12-14(27-10(3)23)15(24)18(4,28-12)13-6-5-11-16(19)20-8-21-22(11)13/h5-6,8-9,12,14-15,24H,7H2,1-4H3,(H2,19,20,21)/t12-,14-,15-,18+/m1/s1. The van der Waals surface area contributed by atoms with Gasteiger partial charge in [0, 0.05) is 6.92 Å². The monoisotopic (exact) mass is 392 g/mol. The van der Waals surface area contributed by atoms with Crippen molar-refractivity contribution in [2.24, 2.45) is 5.92 Å². The van der Waals surface area contributed by atoms with Gasteiger partial charge < -0.3 is 25.1 Å². The Bertz CT molecular complexity index is 897. The Labute approximate surface area is 161 Å². The van der Waals surface area contributed by atoms with Crippen LogP contribution < -0.4 is 5.73 Å². The van der Waals surface area contributed by atoms with Crippen molar-refractivity contribution in [1.82, 2.24) is 14.6 Å². The zero-order chi connectivity index (χ0) is 20.6. The summed E-state index contributed by atoms with van der Waals surface area (Å²) in [5.74, 6) is -1.04. The molecule has 28 heavy (non-hydrogen) atoms. The maximum absolute atomic E-state index is 11.8. The van der Waals surface area contributed by atoms with Crippen LogP contribution in [0.1, 0.15) is 33.4 Å². The highest BCUT2D eigenvalue weighted by molar-refractivity contribution is 5.71. The molecule has 1 saturated heterocycles. The van der Waals surface area contributed by atoms with Crippen molar-refractivity contribution >= 4 is 23.3 Å². The lowest BCUT2D eigenvalue weighted by Gasteiger charge is -2.27. The molecule has 1 aliphatic heterocycles. The molecule has 1 aliphatic rings. The van der Waals surface area contributed by atoms with Crippen molar-refractivity contribution in [3.63, 3.8) is 0 Å². The highest BCUT2D eigenvalue weighted by Crippen LogP contribution is 2.41. The van der Waals surface area contributed by atoms with Crippen molar-refractivity contribution in [3.8, 4) is 0 Å². The van der Waals surface area contributed by atoms with E-state index in [1.807, 2.05) is 0 Å². The van der Waals surface area contributed by atoms with Crippen LogP contribution in [0.4, 0.5) is 5.82 Å². The van der Waals surface area contributed by atoms with Crippen LogP contribution in [0.2, 0.25) is 0 Å². The first kappa shape index (κ1) is 20.0. The predicted octanol–water partition coefficient (Wildman–Crippen LogP) is 0.417. The largest absolute Gasteiger partial charge is 0.463 e. The minimum Gasteiger partial charge on any atom is -0.463 e. The van der Waals surface area contributed by atoms with Crippen LogP contribution in [-0.2, 0) is 29.4 Å². The van der Waals surface area contributed by atoms with Crippen LogP contribution in [0.15, 0.2) is 18.5 Å². The summed E-state index contributed by atoms with van der Waals surface area (Å²) in [5.41, 5.74) is 5.63. The zero-order valence-electron chi connectivity index (χ0n) is 16.2. The fraction of sp³-hybridized carbons (Fsp3) is 0.556. The minimum atomic E-state index is -1.29. The normalized spacial score (nSPS) is 27.3. The van der Waals surface area contributed by atoms with E-state index in [4.69, 9.17) is 19.9 Å². The molecule has 3 rings (SSSR count). The van der Waals surface area contributed by atoms with Gasteiger partial charge in [0.2, 0.25) is 0 Å². The molecule has 0 amide bonds. The number of esters is 2. The van der Waals surface area contributed by atoms with Crippen LogP contribution >= 0.6 is 0 Å². The first-order valence-electron chi connectivity index (χ1n) is 8.93. The second-order valence-corrected chi connectivity index (χ2v) is 7.23. The first-order valence-corrected chi connectivity index (χ1v) is 8.93. The van der Waals surface area contributed by atoms with E-state index >= 15 is 0 Å². The maximum Gasteiger partial charge on any atom is 0.308 e. The SMILES string of the molecule is CC(=O)O[C@H]1[C@@H](O)[C@](C)(c2ccc3c(N)ncnn23)O[C@@H]1COC(=O)C(C)C. The number of anilines is 1. The Morgan fingerprint density at radius 1 is 1.43 bits per heavy atom. The molecule has 3 heterocycles. The van der Waals surface area contributed by atoms with E-state index in [9.17, 15) is 14.7 Å². The van der Waals surface area contributed by atoms with Crippen molar-refractivity contribution in [3.05, 3.63) is 24.2 Å². The molecular formula is C18H24N4O6. The van der Waals surface area contributed by atoms with E-state index < -0.39 is 35.9 Å². The number of carbonyl (C=O) groups is 2. The number of nitrogens with two attached hydrogens (primary N) is 1. The number of ether oxygens (including phenoxy) is 3. The fourth-order valence-electron chi connectivity index (χ4n) is 3.30. The summed E-state index contributed by atoms with van der Waals surface area (Å²) >= 11 is 0. The molecule has 1 fully saturated rings. The third-order valence-corrected chi connectivity index (χ3v) is 4.79. The van der Waals surface area contributed by atoms with Gasteiger partial charge in [-0.05, 0) is 19.1 Å². The van der Waals surface area contributed by atoms with Crippen molar-refractivity contribution in [2.75, 3.05) is 12.3 Å². The minimum absolute atomic E-state index is 0.165. The predicted molar refractivity (Wildman–Crippen MR) is 97.0 cm³/mol. The summed E-state index contributed by atoms with van der Waals surface area (Å²) in [6.45, 7) is 6.13. The Morgan fingerprint density at radius 3 is 2.79 bits per heavy atom. The number of fused-ring (bicyclic) bond motifs is 1. The Kier molecular flexibility index (Phi) is 5.26. The van der Waals surface area contributed by atoms with Crippen molar-refractivity contribution in [2.45, 2.75) is 51.6 Å². The number of hydrogen-bond donors (Lipinski definition) is 2. The zero-order valence-corrected chi connectivity index (χ0v) is 16.2. The summed E-state index contributed by atoms with van der Waals surface area (Å²) < 4.78 is 18.1. The molecule has 3 N–H and O–H groups in total. The highest BCUT2D eigenvalue weighted by atomic mass is 16.6. The molecular weight excluding hydrogens is 368 g/mol. The molecule has 2 aromatic rings. The quantitative estimate of drug-likeness (QED) is 0.693. The van der Waals surface area contributed by atoms with E-state index in [2.05, 4.69) is 10.1 Å². The third kappa shape index (κ3) is 3.40. The number of nitrogen functional groups attached to an aromatic ring is 1. The highest BCUT2D eigenvalue weighted by Gasteiger charge is 2.56. The van der Waals surface area contributed by atoms with Gasteiger partial charge in [0.05, 0.1) is 11.6 Å². The van der Waals surface area contributed by atoms with Gasteiger partial charge in [0.1, 0.15) is 36.3 Å². The lowest BCUT2D eigenvalue weighted by molar-refractivity contribution is -0.160. The number of rotatable bonds is 5. The van der Waals surface area contributed by atoms with E-state index in [1.54, 1.807) is 32.9 Å². The van der Waals surface area contributed by atoms with E-state index in [0.29, 0.717) is 11.2 Å². The average molecular weight is 392 g/mol. The average Bonchev–Trinajstić information content (AvgIpc) is 3.16. The molecule has 0 saturated carbocycles. The summed E-state index contributed by atoms with van der Waals surface area (Å²) in [6.07, 6.45) is -1.81. The molecule has 0 unspecified atom stereocenters. The van der Waals surface area contributed by atoms with Crippen LogP contribution in [0.3, 0.4) is 0 Å². The summed E-state index contributed by atoms with van der Waals surface area (Å²) in [7, 11) is 0. The summed E-state index contributed by atoms with van der Waals surface area (Å²) in [6, 6.07) is 3.41. The van der Waals surface area contributed by atoms with Gasteiger partial charge in [-0.3, -0.25) is 9.59 Å². The van der Waals surface area contributed by atoms with Gasteiger partial charge >= 0.3 is 11.9 Å². The van der Waals surface area contributed by atoms with Gasteiger partial charge in [-0.2, -0.15) is 5.10 Å². The molecule has 0 spiro atoms. The number of nitrogens with zero attached hydrogens (tertiary/aromatic N) is 3. The molecule has 152 valence electrons. The fourth-order valence-corrected chi connectivity index (χ4v) is 3.30. The molecule has 4 atom stereocenters. The van der Waals surface area contributed by atoms with Gasteiger partial charge in [0.15, 0.2) is 11.9 Å². The molecule has 2 aromatic heterocycles. The van der Waals surface area contributed by atoms with Gasteiger partial charge in [0.25, 0.3) is 0 Å². The smallest absolute Gasteiger partial charge is 0.308 e. The van der Waals surface area contributed by atoms with Crippen molar-refractivity contribution in [1.29, 1.82) is 0 Å². The lowest BCUT2D eigenvalue weighted by atomic mass is 9.93. The summed E-state index contributed by atoms with van der Waals surface area (Å²) in [5, 5.41) is 15.1. The molecule has 0 aromatic carbocycles. The van der Waals surface area contributed by atoms with Gasteiger partial charge in [-0.15, -0.1) is 0 Å². The number of aliphatic hydroxyl groups is 1. The third-order valence-electron chi connectivity index (χ3n) is 4.79. The maximum atomic E-state index is 11.8. The molecule has 10 nitrogen and oxygen atoms in total. The lowest BCUT2D eigenvalue weighted by Crippen LogP contribution is -2.42. The van der Waals surface area contributed by atoms with Crippen LogP contribution in [0.25, 0.3) is 5.52 Å². The van der Waals surface area contributed by atoms with Crippen LogP contribution in [0, 0.1) is 5.92 Å². The van der Waals surface area contributed by atoms with Crippen LogP contribution in [-0.4, -0.2) is 56.6 Å². The van der Waals surface area contributed by atoms with E-state index in [1.165, 1.54) is 17.8 Å². The van der Waals surface area contributed by atoms with E-state index in [0.717, 1.165) is 0 Å². The number of hydrogen-bond acceptors (Lipinski definition) is 9. The first-order chi connectivity index (χ1) is 13.1. The second-order valence-electron chi connectivity index (χ2n) is 7.23. The topological polar surface area (TPSA) is 138 Å². The molecule has 0 bridgehead atoms. The Hall–Kier alpha value is -2.72. The number of aliphatic hydroxyl groups excluding tert-OH is 1. The number of aromatic nitrogens is 3. The van der Waals surface area contributed by atoms with Gasteiger partial charge in [-0.25, -0.2) is 9.50 Å². The molecule has 0 radical (unpaired) electrons.